The van der Waals surface area contributed by atoms with Crippen LogP contribution >= 0.6 is 0 Å². The van der Waals surface area contributed by atoms with E-state index >= 15 is 0 Å². The number of nitrogens with zero attached hydrogens (tertiary/aromatic N) is 1. The lowest BCUT2D eigenvalue weighted by Crippen LogP contribution is -2.29. The number of sulfonamides is 1. The van der Waals surface area contributed by atoms with Gasteiger partial charge in [-0.05, 0) is 60.7 Å². The second-order valence-electron chi connectivity index (χ2n) is 7.00. The Hall–Kier alpha value is -2.38. The van der Waals surface area contributed by atoms with Crippen molar-refractivity contribution < 1.29 is 17.9 Å². The van der Waals surface area contributed by atoms with E-state index in [1.54, 1.807) is 43.5 Å². The quantitative estimate of drug-likeness (QED) is 0.802. The molecule has 0 spiro atoms. The van der Waals surface area contributed by atoms with E-state index in [0.29, 0.717) is 30.8 Å². The summed E-state index contributed by atoms with van der Waals surface area (Å²) in [6, 6.07) is 12.7. The minimum absolute atomic E-state index is 0.100. The molecule has 1 aliphatic heterocycles. The van der Waals surface area contributed by atoms with Gasteiger partial charge in [-0.1, -0.05) is 19.1 Å². The molecule has 28 heavy (non-hydrogen) atoms. The molecule has 1 N–H and O–H groups in total. The van der Waals surface area contributed by atoms with Crippen molar-refractivity contribution in [2.24, 2.45) is 0 Å². The topological polar surface area (TPSA) is 75.7 Å². The molecule has 6 nitrogen and oxygen atoms in total. The lowest BCUT2D eigenvalue weighted by atomic mass is 9.99. The number of hydrogen-bond donors (Lipinski definition) is 1. The maximum Gasteiger partial charge on any atom is 0.243 e. The Morgan fingerprint density at radius 1 is 1.21 bits per heavy atom. The first-order valence-electron chi connectivity index (χ1n) is 9.39. The van der Waals surface area contributed by atoms with E-state index in [0.717, 1.165) is 17.7 Å². The molecule has 0 saturated carbocycles. The number of anilines is 1. The fourth-order valence-corrected chi connectivity index (χ4v) is 5.21. The maximum atomic E-state index is 13.1. The molecule has 0 aromatic heterocycles. The smallest absolute Gasteiger partial charge is 0.243 e. The van der Waals surface area contributed by atoms with E-state index in [4.69, 9.17) is 4.74 Å². The van der Waals surface area contributed by atoms with Crippen molar-refractivity contribution in [3.63, 3.8) is 0 Å². The summed E-state index contributed by atoms with van der Waals surface area (Å²) in [7, 11) is -1.95. The van der Waals surface area contributed by atoms with Crippen molar-refractivity contribution in [3.8, 4) is 5.75 Å². The van der Waals surface area contributed by atoms with Crippen molar-refractivity contribution in [2.75, 3.05) is 25.5 Å². The molecule has 0 radical (unpaired) electrons. The van der Waals surface area contributed by atoms with Crippen LogP contribution in [-0.2, 0) is 14.8 Å². The molecule has 7 heteroatoms. The standard InChI is InChI=1S/C21H26N2O4S/c1-4-21(24)22-18-7-10-20(15(2)13-18)28(25,26)23-12-11-17(14-23)16-5-8-19(27-3)9-6-16/h5-10,13,17H,4,11-12,14H2,1-3H3,(H,22,24). The molecule has 0 aliphatic carbocycles. The van der Waals surface area contributed by atoms with Gasteiger partial charge >= 0.3 is 0 Å². The molecular formula is C21H26N2O4S. The average Bonchev–Trinajstić information content (AvgIpc) is 3.19. The summed E-state index contributed by atoms with van der Waals surface area (Å²) in [4.78, 5) is 11.8. The van der Waals surface area contributed by atoms with E-state index in [2.05, 4.69) is 5.32 Å². The third-order valence-electron chi connectivity index (χ3n) is 5.14. The predicted octanol–water partition coefficient (Wildman–Crippen LogP) is 3.53. The molecule has 2 aromatic rings. The minimum Gasteiger partial charge on any atom is -0.497 e. The Kier molecular flexibility index (Phi) is 6.05. The lowest BCUT2D eigenvalue weighted by molar-refractivity contribution is -0.115. The van der Waals surface area contributed by atoms with E-state index in [-0.39, 0.29) is 16.7 Å². The van der Waals surface area contributed by atoms with Crippen LogP contribution < -0.4 is 10.1 Å². The van der Waals surface area contributed by atoms with Gasteiger partial charge in [0, 0.05) is 25.2 Å². The summed E-state index contributed by atoms with van der Waals surface area (Å²) in [6.45, 7) is 4.48. The van der Waals surface area contributed by atoms with Crippen molar-refractivity contribution >= 4 is 21.6 Å². The van der Waals surface area contributed by atoms with Crippen LogP contribution in [0, 0.1) is 6.92 Å². The van der Waals surface area contributed by atoms with Gasteiger partial charge in [-0.3, -0.25) is 4.79 Å². The molecule has 1 unspecified atom stereocenters. The van der Waals surface area contributed by atoms with Crippen LogP contribution in [0.15, 0.2) is 47.4 Å². The number of carbonyl (C=O) groups is 1. The highest BCUT2D eigenvalue weighted by Gasteiger charge is 2.34. The normalized spacial score (nSPS) is 17.5. The number of ether oxygens (including phenoxy) is 1. The van der Waals surface area contributed by atoms with E-state index in [9.17, 15) is 13.2 Å². The zero-order chi connectivity index (χ0) is 20.3. The molecule has 1 saturated heterocycles. The molecule has 0 bridgehead atoms. The molecule has 1 aliphatic rings. The summed E-state index contributed by atoms with van der Waals surface area (Å²) in [5.74, 6) is 0.859. The maximum absolute atomic E-state index is 13.1. The van der Waals surface area contributed by atoms with Crippen LogP contribution in [0.2, 0.25) is 0 Å². The van der Waals surface area contributed by atoms with Crippen LogP contribution in [0.3, 0.4) is 0 Å². The summed E-state index contributed by atoms with van der Waals surface area (Å²) < 4.78 is 33.0. The number of amides is 1. The summed E-state index contributed by atoms with van der Waals surface area (Å²) >= 11 is 0. The van der Waals surface area contributed by atoms with Gasteiger partial charge in [-0.25, -0.2) is 8.42 Å². The van der Waals surface area contributed by atoms with Gasteiger partial charge in [0.1, 0.15) is 5.75 Å². The number of rotatable bonds is 6. The van der Waals surface area contributed by atoms with Crippen LogP contribution in [-0.4, -0.2) is 38.8 Å². The molecule has 1 atom stereocenters. The van der Waals surface area contributed by atoms with Gasteiger partial charge in [0.25, 0.3) is 0 Å². The Bertz CT molecular complexity index is 955. The van der Waals surface area contributed by atoms with Crippen molar-refractivity contribution in [2.45, 2.75) is 37.5 Å². The van der Waals surface area contributed by atoms with Gasteiger partial charge in [0.2, 0.25) is 15.9 Å². The number of aryl methyl sites for hydroxylation is 1. The highest BCUT2D eigenvalue weighted by molar-refractivity contribution is 7.89. The first-order chi connectivity index (χ1) is 13.3. The molecule has 2 aromatic carbocycles. The second-order valence-corrected chi connectivity index (χ2v) is 8.91. The van der Waals surface area contributed by atoms with Gasteiger partial charge in [0.15, 0.2) is 0 Å². The number of methoxy groups -OCH3 is 1. The minimum atomic E-state index is -3.58. The monoisotopic (exact) mass is 402 g/mol. The van der Waals surface area contributed by atoms with Crippen molar-refractivity contribution in [1.82, 2.24) is 4.31 Å². The van der Waals surface area contributed by atoms with Gasteiger partial charge in [-0.15, -0.1) is 0 Å². The predicted molar refractivity (Wildman–Crippen MR) is 109 cm³/mol. The average molecular weight is 403 g/mol. The SMILES string of the molecule is CCC(=O)Nc1ccc(S(=O)(=O)N2CCC(c3ccc(OC)cc3)C2)c(C)c1. The van der Waals surface area contributed by atoms with Crippen LogP contribution in [0.1, 0.15) is 36.8 Å². The zero-order valence-electron chi connectivity index (χ0n) is 16.4. The molecule has 1 heterocycles. The molecule has 1 amide bonds. The van der Waals surface area contributed by atoms with Gasteiger partial charge in [0.05, 0.1) is 12.0 Å². The third-order valence-corrected chi connectivity index (χ3v) is 7.16. The number of carbonyl (C=O) groups excluding carboxylic acids is 1. The number of hydrogen-bond acceptors (Lipinski definition) is 4. The fourth-order valence-electron chi connectivity index (χ4n) is 3.50. The van der Waals surface area contributed by atoms with Crippen LogP contribution in [0.25, 0.3) is 0 Å². The van der Waals surface area contributed by atoms with Crippen molar-refractivity contribution in [1.29, 1.82) is 0 Å². The molecule has 3 rings (SSSR count). The largest absolute Gasteiger partial charge is 0.497 e. The van der Waals surface area contributed by atoms with Crippen LogP contribution in [0.5, 0.6) is 5.75 Å². The van der Waals surface area contributed by atoms with Gasteiger partial charge in [-0.2, -0.15) is 4.31 Å². The zero-order valence-corrected chi connectivity index (χ0v) is 17.3. The molecular weight excluding hydrogens is 376 g/mol. The Morgan fingerprint density at radius 3 is 2.54 bits per heavy atom. The third kappa shape index (κ3) is 4.20. The van der Waals surface area contributed by atoms with Crippen LogP contribution in [0.4, 0.5) is 5.69 Å². The highest BCUT2D eigenvalue weighted by atomic mass is 32.2. The van der Waals surface area contributed by atoms with Crippen molar-refractivity contribution in [3.05, 3.63) is 53.6 Å². The summed E-state index contributed by atoms with van der Waals surface area (Å²) in [5.41, 5.74) is 2.36. The summed E-state index contributed by atoms with van der Waals surface area (Å²) in [6.07, 6.45) is 1.16. The van der Waals surface area contributed by atoms with E-state index in [1.807, 2.05) is 24.3 Å². The van der Waals surface area contributed by atoms with E-state index < -0.39 is 10.0 Å². The van der Waals surface area contributed by atoms with Gasteiger partial charge < -0.3 is 10.1 Å². The van der Waals surface area contributed by atoms with E-state index in [1.165, 1.54) is 0 Å². The highest BCUT2D eigenvalue weighted by Crippen LogP contribution is 2.33. The number of nitrogens with one attached hydrogen (secondary N) is 1. The summed E-state index contributed by atoms with van der Waals surface area (Å²) in [5, 5.41) is 2.76. The Balaban J connectivity index is 1.76. The first kappa shape index (κ1) is 20.4. The Morgan fingerprint density at radius 2 is 1.93 bits per heavy atom. The second kappa shape index (κ2) is 8.32. The molecule has 1 fully saturated rings. The first-order valence-corrected chi connectivity index (χ1v) is 10.8. The molecule has 150 valence electrons. The number of benzene rings is 2. The fraction of sp³-hybridized carbons (Fsp3) is 0.381. The Labute approximate surface area is 166 Å². The lowest BCUT2D eigenvalue weighted by Gasteiger charge is -2.19.